The molecule has 0 radical (unpaired) electrons. The third kappa shape index (κ3) is 2.31. The van der Waals surface area contributed by atoms with E-state index in [1.165, 1.54) is 6.42 Å². The molecule has 3 heterocycles. The molecule has 92 valence electrons. The van der Waals surface area contributed by atoms with E-state index in [1.54, 1.807) is 18.6 Å². The molecule has 0 amide bonds. The van der Waals surface area contributed by atoms with Gasteiger partial charge in [-0.2, -0.15) is 0 Å². The molecule has 1 atom stereocenters. The summed E-state index contributed by atoms with van der Waals surface area (Å²) >= 11 is 0. The maximum atomic E-state index is 4.44. The average molecular weight is 241 g/mol. The van der Waals surface area contributed by atoms with E-state index in [4.69, 9.17) is 0 Å². The Morgan fingerprint density at radius 2 is 2.06 bits per heavy atom. The molecule has 0 saturated carbocycles. The Balaban J connectivity index is 1.87. The van der Waals surface area contributed by atoms with Gasteiger partial charge in [0.15, 0.2) is 5.82 Å². The smallest absolute Gasteiger partial charge is 0.154 e. The van der Waals surface area contributed by atoms with Gasteiger partial charge in [-0.1, -0.05) is 6.07 Å². The number of anilines is 2. The molecule has 0 aliphatic carbocycles. The Kier molecular flexibility index (Phi) is 3.14. The Morgan fingerprint density at radius 3 is 2.83 bits per heavy atom. The summed E-state index contributed by atoms with van der Waals surface area (Å²) in [6, 6.07) is 6.05. The van der Waals surface area contributed by atoms with E-state index in [2.05, 4.69) is 25.6 Å². The maximum absolute atomic E-state index is 4.44. The number of nitrogens with one attached hydrogen (secondary N) is 2. The number of hydrogen-bond acceptors (Lipinski definition) is 5. The van der Waals surface area contributed by atoms with Crippen molar-refractivity contribution in [2.45, 2.75) is 18.9 Å². The van der Waals surface area contributed by atoms with E-state index in [9.17, 15) is 0 Å². The van der Waals surface area contributed by atoms with Crippen LogP contribution in [0.5, 0.6) is 0 Å². The summed E-state index contributed by atoms with van der Waals surface area (Å²) < 4.78 is 0. The van der Waals surface area contributed by atoms with Crippen LogP contribution in [0.15, 0.2) is 36.8 Å². The van der Waals surface area contributed by atoms with Crippen LogP contribution in [0.1, 0.15) is 24.6 Å². The number of rotatable bonds is 3. The second kappa shape index (κ2) is 5.10. The maximum Gasteiger partial charge on any atom is 0.154 e. The minimum Gasteiger partial charge on any atom is -0.323 e. The van der Waals surface area contributed by atoms with Gasteiger partial charge in [0, 0.05) is 18.6 Å². The van der Waals surface area contributed by atoms with Crippen molar-refractivity contribution in [2.75, 3.05) is 11.9 Å². The van der Waals surface area contributed by atoms with Gasteiger partial charge in [0.05, 0.1) is 11.7 Å². The Morgan fingerprint density at radius 1 is 1.11 bits per heavy atom. The van der Waals surface area contributed by atoms with E-state index in [0.717, 1.165) is 30.3 Å². The lowest BCUT2D eigenvalue weighted by molar-refractivity contribution is 0.627. The highest BCUT2D eigenvalue weighted by molar-refractivity contribution is 5.54. The SMILES string of the molecule is c1ccc(Nc2nccnc2C2CCCN2)nc1. The zero-order chi connectivity index (χ0) is 12.2. The zero-order valence-corrected chi connectivity index (χ0v) is 10.0. The fourth-order valence-electron chi connectivity index (χ4n) is 2.18. The molecular weight excluding hydrogens is 226 g/mol. The monoisotopic (exact) mass is 241 g/mol. The fourth-order valence-corrected chi connectivity index (χ4v) is 2.18. The molecule has 2 N–H and O–H groups in total. The van der Waals surface area contributed by atoms with Gasteiger partial charge in [-0.05, 0) is 31.5 Å². The summed E-state index contributed by atoms with van der Waals surface area (Å²) in [6.45, 7) is 1.05. The first-order valence-corrected chi connectivity index (χ1v) is 6.16. The molecule has 1 unspecified atom stereocenters. The van der Waals surface area contributed by atoms with Crippen molar-refractivity contribution >= 4 is 11.6 Å². The molecule has 0 bridgehead atoms. The lowest BCUT2D eigenvalue weighted by Gasteiger charge is -2.14. The molecule has 18 heavy (non-hydrogen) atoms. The summed E-state index contributed by atoms with van der Waals surface area (Å²) in [4.78, 5) is 13.0. The highest BCUT2D eigenvalue weighted by atomic mass is 15.1. The zero-order valence-electron chi connectivity index (χ0n) is 10.0. The van der Waals surface area contributed by atoms with Gasteiger partial charge in [0.2, 0.25) is 0 Å². The van der Waals surface area contributed by atoms with Gasteiger partial charge >= 0.3 is 0 Å². The number of aromatic nitrogens is 3. The Labute approximate surface area is 106 Å². The van der Waals surface area contributed by atoms with Gasteiger partial charge in [-0.15, -0.1) is 0 Å². The van der Waals surface area contributed by atoms with Crippen LogP contribution >= 0.6 is 0 Å². The van der Waals surface area contributed by atoms with E-state index in [0.29, 0.717) is 6.04 Å². The average Bonchev–Trinajstić information content (AvgIpc) is 2.94. The van der Waals surface area contributed by atoms with Crippen molar-refractivity contribution < 1.29 is 0 Å². The molecule has 0 aromatic carbocycles. The third-order valence-electron chi connectivity index (χ3n) is 3.03. The van der Waals surface area contributed by atoms with Gasteiger partial charge in [0.1, 0.15) is 5.82 Å². The molecule has 1 aliphatic heterocycles. The molecule has 1 aliphatic rings. The summed E-state index contributed by atoms with van der Waals surface area (Å²) in [5, 5.41) is 6.66. The highest BCUT2D eigenvalue weighted by Crippen LogP contribution is 2.26. The molecule has 2 aromatic rings. The molecule has 3 rings (SSSR count). The van der Waals surface area contributed by atoms with Crippen LogP contribution < -0.4 is 10.6 Å². The van der Waals surface area contributed by atoms with Crippen LogP contribution in [0, 0.1) is 0 Å². The largest absolute Gasteiger partial charge is 0.323 e. The fraction of sp³-hybridized carbons (Fsp3) is 0.308. The number of pyridine rings is 1. The van der Waals surface area contributed by atoms with Crippen molar-refractivity contribution in [3.63, 3.8) is 0 Å². The Bertz CT molecular complexity index is 508. The van der Waals surface area contributed by atoms with Crippen LogP contribution in [0.25, 0.3) is 0 Å². The summed E-state index contributed by atoms with van der Waals surface area (Å²) in [6.07, 6.45) is 7.48. The van der Waals surface area contributed by atoms with E-state index < -0.39 is 0 Å². The number of hydrogen-bond donors (Lipinski definition) is 2. The normalized spacial score (nSPS) is 18.8. The summed E-state index contributed by atoms with van der Waals surface area (Å²) in [5.41, 5.74) is 0.973. The molecule has 5 heteroatoms. The lowest BCUT2D eigenvalue weighted by atomic mass is 10.1. The molecule has 0 spiro atoms. The van der Waals surface area contributed by atoms with Gasteiger partial charge < -0.3 is 10.6 Å². The topological polar surface area (TPSA) is 62.7 Å². The predicted molar refractivity (Wildman–Crippen MR) is 69.5 cm³/mol. The van der Waals surface area contributed by atoms with Crippen LogP contribution in [0.4, 0.5) is 11.6 Å². The van der Waals surface area contributed by atoms with Gasteiger partial charge in [-0.3, -0.25) is 4.98 Å². The third-order valence-corrected chi connectivity index (χ3v) is 3.03. The van der Waals surface area contributed by atoms with Gasteiger partial charge in [0.25, 0.3) is 0 Å². The predicted octanol–water partition coefficient (Wildman–Crippen LogP) is 2.04. The van der Waals surface area contributed by atoms with Gasteiger partial charge in [-0.25, -0.2) is 9.97 Å². The van der Waals surface area contributed by atoms with Crippen molar-refractivity contribution in [3.8, 4) is 0 Å². The second-order valence-corrected chi connectivity index (χ2v) is 4.28. The summed E-state index contributed by atoms with van der Waals surface area (Å²) in [7, 11) is 0. The molecule has 5 nitrogen and oxygen atoms in total. The van der Waals surface area contributed by atoms with Crippen molar-refractivity contribution in [1.29, 1.82) is 0 Å². The summed E-state index contributed by atoms with van der Waals surface area (Å²) in [5.74, 6) is 1.58. The molecular formula is C13H15N5. The van der Waals surface area contributed by atoms with E-state index >= 15 is 0 Å². The van der Waals surface area contributed by atoms with Crippen LogP contribution in [-0.4, -0.2) is 21.5 Å². The van der Waals surface area contributed by atoms with Crippen LogP contribution in [0.2, 0.25) is 0 Å². The highest BCUT2D eigenvalue weighted by Gasteiger charge is 2.21. The first kappa shape index (κ1) is 11.1. The lowest BCUT2D eigenvalue weighted by Crippen LogP contribution is -2.16. The minimum atomic E-state index is 0.296. The molecule has 2 aromatic heterocycles. The number of nitrogens with zero attached hydrogens (tertiary/aromatic N) is 3. The van der Waals surface area contributed by atoms with Crippen LogP contribution in [0.3, 0.4) is 0 Å². The standard InChI is InChI=1S/C13H15N5/c1-2-6-15-11(5-1)18-13-12(16-8-9-17-13)10-4-3-7-14-10/h1-2,5-6,8-10,14H,3-4,7H2,(H,15,17,18). The quantitative estimate of drug-likeness (QED) is 0.861. The van der Waals surface area contributed by atoms with Crippen molar-refractivity contribution in [3.05, 3.63) is 42.5 Å². The molecule has 1 fully saturated rings. The van der Waals surface area contributed by atoms with E-state index in [-0.39, 0.29) is 0 Å². The van der Waals surface area contributed by atoms with Crippen LogP contribution in [-0.2, 0) is 0 Å². The minimum absolute atomic E-state index is 0.296. The van der Waals surface area contributed by atoms with Crippen molar-refractivity contribution in [1.82, 2.24) is 20.3 Å². The first-order valence-electron chi connectivity index (χ1n) is 6.16. The molecule has 1 saturated heterocycles. The first-order chi connectivity index (χ1) is 8.93. The van der Waals surface area contributed by atoms with E-state index in [1.807, 2.05) is 18.2 Å². The Hall–Kier alpha value is -2.01. The van der Waals surface area contributed by atoms with Crippen molar-refractivity contribution in [2.24, 2.45) is 0 Å². The second-order valence-electron chi connectivity index (χ2n) is 4.28.